The van der Waals surface area contributed by atoms with E-state index >= 15 is 0 Å². The van der Waals surface area contributed by atoms with Crippen LogP contribution in [0.1, 0.15) is 31.2 Å². The van der Waals surface area contributed by atoms with Crippen LogP contribution < -0.4 is 4.74 Å². The second-order valence-electron chi connectivity index (χ2n) is 4.39. The normalized spacial score (nSPS) is 17.3. The Balaban J connectivity index is 2.56. The van der Waals surface area contributed by atoms with Crippen molar-refractivity contribution >= 4 is 17.7 Å². The lowest BCUT2D eigenvalue weighted by Crippen LogP contribution is -2.21. The third-order valence-electron chi connectivity index (χ3n) is 3.46. The van der Waals surface area contributed by atoms with Crippen molar-refractivity contribution in [3.05, 3.63) is 28.5 Å². The van der Waals surface area contributed by atoms with E-state index in [1.807, 2.05) is 0 Å². The second-order valence-corrected chi connectivity index (χ2v) is 4.76. The number of rotatable bonds is 3. The Kier molecular flexibility index (Phi) is 3.69. The van der Waals surface area contributed by atoms with E-state index in [2.05, 4.69) is 4.99 Å². The SMILES string of the molecule is COc1ccc(C2(N=C=O)CCCC2)c(F)c1Cl. The molecule has 0 saturated heterocycles. The van der Waals surface area contributed by atoms with E-state index in [0.29, 0.717) is 18.4 Å². The Morgan fingerprint density at radius 2 is 2.11 bits per heavy atom. The fourth-order valence-electron chi connectivity index (χ4n) is 2.54. The lowest BCUT2D eigenvalue weighted by atomic mass is 9.88. The minimum absolute atomic E-state index is 0.0672. The fourth-order valence-corrected chi connectivity index (χ4v) is 2.78. The van der Waals surface area contributed by atoms with Crippen molar-refractivity contribution < 1.29 is 13.9 Å². The minimum atomic E-state index is -0.804. The number of isocyanates is 1. The highest BCUT2D eigenvalue weighted by Gasteiger charge is 2.38. The molecule has 18 heavy (non-hydrogen) atoms. The fraction of sp³-hybridized carbons (Fsp3) is 0.462. The molecule has 0 spiro atoms. The smallest absolute Gasteiger partial charge is 0.235 e. The molecule has 1 aromatic rings. The molecule has 1 aliphatic carbocycles. The van der Waals surface area contributed by atoms with Gasteiger partial charge in [0.05, 0.1) is 7.11 Å². The van der Waals surface area contributed by atoms with E-state index in [1.165, 1.54) is 7.11 Å². The quantitative estimate of drug-likeness (QED) is 0.621. The van der Waals surface area contributed by atoms with Crippen LogP contribution in [-0.4, -0.2) is 13.2 Å². The largest absolute Gasteiger partial charge is 0.495 e. The Hall–Kier alpha value is -1.38. The maximum Gasteiger partial charge on any atom is 0.235 e. The van der Waals surface area contributed by atoms with Gasteiger partial charge < -0.3 is 4.74 Å². The number of nitrogens with zero attached hydrogens (tertiary/aromatic N) is 1. The standard InChI is InChI=1S/C13H13ClFNO2/c1-18-10-5-4-9(12(15)11(10)14)13(16-8-17)6-2-3-7-13/h4-5H,2-3,6-7H2,1H3. The number of hydrogen-bond donors (Lipinski definition) is 0. The van der Waals surface area contributed by atoms with E-state index in [1.54, 1.807) is 18.2 Å². The van der Waals surface area contributed by atoms with E-state index in [-0.39, 0.29) is 10.8 Å². The van der Waals surface area contributed by atoms with Gasteiger partial charge in [0.1, 0.15) is 16.3 Å². The van der Waals surface area contributed by atoms with Gasteiger partial charge in [0.15, 0.2) is 5.82 Å². The zero-order valence-corrected chi connectivity index (χ0v) is 10.8. The molecule has 0 N–H and O–H groups in total. The summed E-state index contributed by atoms with van der Waals surface area (Å²) in [5, 5.41) is -0.0672. The Morgan fingerprint density at radius 1 is 1.44 bits per heavy atom. The highest BCUT2D eigenvalue weighted by atomic mass is 35.5. The van der Waals surface area contributed by atoms with Crippen molar-refractivity contribution in [3.63, 3.8) is 0 Å². The molecule has 0 heterocycles. The predicted molar refractivity (Wildman–Crippen MR) is 66.2 cm³/mol. The lowest BCUT2D eigenvalue weighted by molar-refractivity contribution is 0.402. The summed E-state index contributed by atoms with van der Waals surface area (Å²) in [6, 6.07) is 3.19. The van der Waals surface area contributed by atoms with Gasteiger partial charge in [0.2, 0.25) is 6.08 Å². The third kappa shape index (κ3) is 2.02. The summed E-state index contributed by atoms with van der Waals surface area (Å²) in [5.41, 5.74) is -0.448. The number of benzene rings is 1. The van der Waals surface area contributed by atoms with Gasteiger partial charge in [-0.25, -0.2) is 9.18 Å². The van der Waals surface area contributed by atoms with Crippen LogP contribution in [-0.2, 0) is 10.3 Å². The Labute approximate surface area is 110 Å². The van der Waals surface area contributed by atoms with Gasteiger partial charge in [-0.15, -0.1) is 0 Å². The molecule has 5 heteroatoms. The highest BCUT2D eigenvalue weighted by Crippen LogP contribution is 2.45. The van der Waals surface area contributed by atoms with Gasteiger partial charge >= 0.3 is 0 Å². The number of aliphatic imine (C=N–C) groups is 1. The first-order chi connectivity index (χ1) is 8.64. The van der Waals surface area contributed by atoms with Gasteiger partial charge in [-0.05, 0) is 25.0 Å². The van der Waals surface area contributed by atoms with Crippen molar-refractivity contribution in [1.82, 2.24) is 0 Å². The van der Waals surface area contributed by atoms with Crippen molar-refractivity contribution in [2.24, 2.45) is 4.99 Å². The van der Waals surface area contributed by atoms with Crippen molar-refractivity contribution in [1.29, 1.82) is 0 Å². The molecule has 0 unspecified atom stereocenters. The molecule has 1 fully saturated rings. The van der Waals surface area contributed by atoms with Crippen LogP contribution in [0, 0.1) is 5.82 Å². The maximum atomic E-state index is 14.3. The summed E-state index contributed by atoms with van der Waals surface area (Å²) in [6.45, 7) is 0. The van der Waals surface area contributed by atoms with E-state index < -0.39 is 11.4 Å². The van der Waals surface area contributed by atoms with Crippen LogP contribution in [0.15, 0.2) is 17.1 Å². The van der Waals surface area contributed by atoms with Crippen molar-refractivity contribution in [2.75, 3.05) is 7.11 Å². The summed E-state index contributed by atoms with van der Waals surface area (Å²) in [7, 11) is 1.43. The van der Waals surface area contributed by atoms with Gasteiger partial charge in [-0.3, -0.25) is 0 Å². The average molecular weight is 270 g/mol. The molecule has 0 aliphatic heterocycles. The molecular weight excluding hydrogens is 257 g/mol. The zero-order chi connectivity index (χ0) is 13.2. The molecule has 3 nitrogen and oxygen atoms in total. The summed E-state index contributed by atoms with van der Waals surface area (Å²) >= 11 is 5.90. The first-order valence-electron chi connectivity index (χ1n) is 5.76. The molecular formula is C13H13ClFNO2. The van der Waals surface area contributed by atoms with Gasteiger partial charge in [0.25, 0.3) is 0 Å². The van der Waals surface area contributed by atoms with Crippen LogP contribution in [0.5, 0.6) is 5.75 Å². The molecule has 1 saturated carbocycles. The Bertz CT molecular complexity index is 506. The molecule has 2 rings (SSSR count). The molecule has 1 aliphatic rings. The monoisotopic (exact) mass is 269 g/mol. The summed E-state index contributed by atoms with van der Waals surface area (Å²) < 4.78 is 19.2. The number of methoxy groups -OCH3 is 1. The van der Waals surface area contributed by atoms with Crippen molar-refractivity contribution in [3.8, 4) is 5.75 Å². The summed E-state index contributed by atoms with van der Waals surface area (Å²) in [4.78, 5) is 14.4. The predicted octanol–water partition coefficient (Wildman–Crippen LogP) is 3.59. The van der Waals surface area contributed by atoms with Crippen LogP contribution in [0.2, 0.25) is 5.02 Å². The third-order valence-corrected chi connectivity index (χ3v) is 3.81. The number of ether oxygens (including phenoxy) is 1. The first kappa shape index (κ1) is 13.1. The highest BCUT2D eigenvalue weighted by molar-refractivity contribution is 6.32. The second kappa shape index (κ2) is 5.09. The molecule has 0 amide bonds. The first-order valence-corrected chi connectivity index (χ1v) is 6.14. The average Bonchev–Trinajstić information content (AvgIpc) is 2.82. The van der Waals surface area contributed by atoms with Crippen LogP contribution in [0.3, 0.4) is 0 Å². The van der Waals surface area contributed by atoms with Gasteiger partial charge in [-0.2, -0.15) is 4.99 Å². The summed E-state index contributed by atoms with van der Waals surface area (Å²) in [5.74, 6) is -0.280. The Morgan fingerprint density at radius 3 is 2.67 bits per heavy atom. The molecule has 0 aromatic heterocycles. The zero-order valence-electron chi connectivity index (χ0n) is 10.0. The molecule has 96 valence electrons. The van der Waals surface area contributed by atoms with Gasteiger partial charge in [0, 0.05) is 5.56 Å². The maximum absolute atomic E-state index is 14.3. The molecule has 0 radical (unpaired) electrons. The minimum Gasteiger partial charge on any atom is -0.495 e. The number of halogens is 2. The molecule has 0 atom stereocenters. The summed E-state index contributed by atoms with van der Waals surface area (Å²) in [6.07, 6.45) is 4.66. The van der Waals surface area contributed by atoms with E-state index in [0.717, 1.165) is 12.8 Å². The topological polar surface area (TPSA) is 38.7 Å². The van der Waals surface area contributed by atoms with E-state index in [9.17, 15) is 9.18 Å². The number of carbonyl (C=O) groups excluding carboxylic acids is 1. The molecule has 1 aromatic carbocycles. The van der Waals surface area contributed by atoms with Crippen LogP contribution >= 0.6 is 11.6 Å². The van der Waals surface area contributed by atoms with Gasteiger partial charge in [-0.1, -0.05) is 24.4 Å². The van der Waals surface area contributed by atoms with Crippen LogP contribution in [0.4, 0.5) is 4.39 Å². The molecule has 0 bridgehead atoms. The lowest BCUT2D eigenvalue weighted by Gasteiger charge is -2.24. The van der Waals surface area contributed by atoms with Crippen molar-refractivity contribution in [2.45, 2.75) is 31.2 Å². The number of hydrogen-bond acceptors (Lipinski definition) is 3. The van der Waals surface area contributed by atoms with Crippen LogP contribution in [0.25, 0.3) is 0 Å². The van der Waals surface area contributed by atoms with E-state index in [4.69, 9.17) is 16.3 Å².